The van der Waals surface area contributed by atoms with Crippen molar-refractivity contribution in [1.29, 1.82) is 0 Å². The summed E-state index contributed by atoms with van der Waals surface area (Å²) >= 11 is 2.01. The van der Waals surface area contributed by atoms with Crippen LogP contribution >= 0.6 is 30.1 Å². The van der Waals surface area contributed by atoms with Crippen molar-refractivity contribution >= 4 is 41.9 Å². The maximum absolute atomic E-state index is 11.2. The van der Waals surface area contributed by atoms with Crippen molar-refractivity contribution in [1.82, 2.24) is 10.4 Å². The van der Waals surface area contributed by atoms with E-state index >= 15 is 0 Å². The number of aromatic nitrogens is 1. The largest absolute Gasteiger partial charge is 0.315 e. The molecule has 0 aliphatic heterocycles. The van der Waals surface area contributed by atoms with E-state index in [1.807, 2.05) is 53.4 Å². The first-order chi connectivity index (χ1) is 9.29. The van der Waals surface area contributed by atoms with Gasteiger partial charge in [0, 0.05) is 33.3 Å². The minimum atomic E-state index is -0.373. The molecule has 0 unspecified atom stereocenters. The monoisotopic (exact) mass is 405 g/mol. The first kappa shape index (κ1) is 19.1. The van der Waals surface area contributed by atoms with Gasteiger partial charge in [-0.3, -0.25) is 15.6 Å². The van der Waals surface area contributed by atoms with Crippen molar-refractivity contribution in [3.63, 3.8) is 0 Å². The Morgan fingerprint density at radius 3 is 2.65 bits per heavy atom. The Hall–Kier alpha value is -0.940. The number of hydrogen-bond acceptors (Lipinski definition) is 4. The number of nitrogens with zero attached hydrogens (tertiary/aromatic N) is 1. The van der Waals surface area contributed by atoms with Crippen molar-refractivity contribution in [3.05, 3.63) is 23.9 Å². The molecule has 1 aromatic rings. The van der Waals surface area contributed by atoms with Gasteiger partial charge in [-0.1, -0.05) is 27.3 Å². The molecule has 0 spiro atoms. The van der Waals surface area contributed by atoms with E-state index in [-0.39, 0.29) is 13.3 Å². The fraction of sp³-hybridized carbons (Fsp3) is 0.429. The van der Waals surface area contributed by atoms with E-state index in [0.717, 1.165) is 0 Å². The Balaban J connectivity index is 0.00000115. The maximum atomic E-state index is 11.2. The van der Waals surface area contributed by atoms with Crippen LogP contribution in [0.4, 0.5) is 5.82 Å². The van der Waals surface area contributed by atoms with E-state index in [1.54, 1.807) is 0 Å². The van der Waals surface area contributed by atoms with Gasteiger partial charge in [0.15, 0.2) is 0 Å². The number of anilines is 1. The molecule has 4 nitrogen and oxygen atoms in total. The third-order valence-corrected chi connectivity index (χ3v) is 3.18. The summed E-state index contributed by atoms with van der Waals surface area (Å²) in [5, 5.41) is 2.60. The number of halogens is 1. The molecule has 1 aromatic heterocycles. The minimum Gasteiger partial charge on any atom is -0.281 e. The zero-order chi connectivity index (χ0) is 14.1. The zero-order valence-corrected chi connectivity index (χ0v) is 13.8. The molecule has 1 fully saturated rings. The molecule has 6 heteroatoms. The first-order valence-electron chi connectivity index (χ1n) is 6.10. The van der Waals surface area contributed by atoms with Gasteiger partial charge in [-0.05, 0) is 44.6 Å². The van der Waals surface area contributed by atoms with Gasteiger partial charge in [0.25, 0.3) is 0 Å². The van der Waals surface area contributed by atoms with Gasteiger partial charge in [-0.2, -0.15) is 0 Å². The standard InChI is InChI=1S/C11H10IN3OS.C2H6.CH4/c12-17-6-5-11(16)15-14-10-4-3-9(7-13-10)8-1-2-8;1-2;/h3-4,7-8H,1-2H2,(H,13,14)(H,15,16);1-2H3;1H4. The maximum Gasteiger partial charge on any atom is 0.315 e. The summed E-state index contributed by atoms with van der Waals surface area (Å²) in [6, 6.07) is 3.89. The van der Waals surface area contributed by atoms with Crippen LogP contribution in [0.1, 0.15) is 45.6 Å². The average molecular weight is 405 g/mol. The highest BCUT2D eigenvalue weighted by Gasteiger charge is 2.23. The molecular weight excluding hydrogens is 385 g/mol. The number of amides is 1. The number of carbonyl (C=O) groups is 1. The molecule has 1 amide bonds. The molecule has 0 aromatic carbocycles. The van der Waals surface area contributed by atoms with E-state index in [2.05, 4.69) is 27.0 Å². The quantitative estimate of drug-likeness (QED) is 0.452. The number of pyridine rings is 1. The van der Waals surface area contributed by atoms with Gasteiger partial charge in [-0.25, -0.2) is 4.98 Å². The van der Waals surface area contributed by atoms with Crippen molar-refractivity contribution in [2.24, 2.45) is 0 Å². The highest BCUT2D eigenvalue weighted by Crippen LogP contribution is 2.39. The summed E-state index contributed by atoms with van der Waals surface area (Å²) in [7, 11) is 1.27. The van der Waals surface area contributed by atoms with Gasteiger partial charge >= 0.3 is 5.91 Å². The molecule has 0 radical (unpaired) electrons. The van der Waals surface area contributed by atoms with Gasteiger partial charge in [0.2, 0.25) is 0 Å². The van der Waals surface area contributed by atoms with Gasteiger partial charge in [0.1, 0.15) is 5.82 Å². The number of rotatable bonds is 3. The summed E-state index contributed by atoms with van der Waals surface area (Å²) in [4.78, 5) is 15.4. The number of carbonyl (C=O) groups excluding carboxylic acids is 1. The molecule has 0 saturated heterocycles. The molecule has 0 atom stereocenters. The van der Waals surface area contributed by atoms with Crippen molar-refractivity contribution < 1.29 is 4.79 Å². The van der Waals surface area contributed by atoms with Crippen molar-refractivity contribution in [2.45, 2.75) is 40.0 Å². The second-order valence-corrected chi connectivity index (χ2v) is 5.31. The van der Waals surface area contributed by atoms with E-state index in [0.29, 0.717) is 11.7 Å². The molecule has 20 heavy (non-hydrogen) atoms. The highest BCUT2D eigenvalue weighted by molar-refractivity contribution is 14.2. The topological polar surface area (TPSA) is 54.0 Å². The first-order valence-corrected chi connectivity index (χ1v) is 9.46. The molecule has 110 valence electrons. The van der Waals surface area contributed by atoms with Crippen LogP contribution < -0.4 is 10.9 Å². The van der Waals surface area contributed by atoms with Crippen LogP contribution in [0.25, 0.3) is 0 Å². The fourth-order valence-corrected chi connectivity index (χ4v) is 1.82. The SMILES string of the molecule is C.CC.O=C(C#CSI)NNc1ccc(C2CC2)cn1. The van der Waals surface area contributed by atoms with Crippen LogP contribution in [0.15, 0.2) is 18.3 Å². The molecule has 1 heterocycles. The zero-order valence-electron chi connectivity index (χ0n) is 10.9. The van der Waals surface area contributed by atoms with Gasteiger partial charge < -0.3 is 0 Å². The van der Waals surface area contributed by atoms with E-state index in [1.165, 1.54) is 27.3 Å². The summed E-state index contributed by atoms with van der Waals surface area (Å²) in [6.07, 6.45) is 4.36. The van der Waals surface area contributed by atoms with Crippen LogP contribution in [0, 0.1) is 11.2 Å². The predicted molar refractivity (Wildman–Crippen MR) is 95.4 cm³/mol. The lowest BCUT2D eigenvalue weighted by Gasteiger charge is -2.05. The van der Waals surface area contributed by atoms with E-state index < -0.39 is 0 Å². The van der Waals surface area contributed by atoms with Crippen LogP contribution in [0.2, 0.25) is 0 Å². The number of hydrazine groups is 1. The predicted octanol–water partition coefficient (Wildman–Crippen LogP) is 4.11. The Morgan fingerprint density at radius 2 is 2.15 bits per heavy atom. The molecule has 2 N–H and O–H groups in total. The molecule has 1 aliphatic carbocycles. The lowest BCUT2D eigenvalue weighted by molar-refractivity contribution is -0.115. The van der Waals surface area contributed by atoms with Crippen LogP contribution in [-0.4, -0.2) is 10.9 Å². The third kappa shape index (κ3) is 7.01. The van der Waals surface area contributed by atoms with Crippen molar-refractivity contribution in [2.75, 3.05) is 5.43 Å². The van der Waals surface area contributed by atoms with Gasteiger partial charge in [0.05, 0.1) is 0 Å². The van der Waals surface area contributed by atoms with Crippen LogP contribution in [0.3, 0.4) is 0 Å². The molecule has 0 bridgehead atoms. The lowest BCUT2D eigenvalue weighted by Crippen LogP contribution is -2.28. The summed E-state index contributed by atoms with van der Waals surface area (Å²) < 4.78 is 0. The molecule has 2 rings (SSSR count). The summed E-state index contributed by atoms with van der Waals surface area (Å²) in [5.74, 6) is 3.34. The molecule has 1 aliphatic rings. The number of nitrogens with one attached hydrogen (secondary N) is 2. The van der Waals surface area contributed by atoms with E-state index in [9.17, 15) is 4.79 Å². The number of hydrogen-bond donors (Lipinski definition) is 2. The normalized spacial score (nSPS) is 11.8. The minimum absolute atomic E-state index is 0. The smallest absolute Gasteiger partial charge is 0.281 e. The average Bonchev–Trinajstić information content (AvgIpc) is 3.30. The fourth-order valence-electron chi connectivity index (χ4n) is 1.36. The Labute approximate surface area is 137 Å². The third-order valence-electron chi connectivity index (χ3n) is 2.34. The van der Waals surface area contributed by atoms with Crippen molar-refractivity contribution in [3.8, 4) is 11.2 Å². The second kappa shape index (κ2) is 10.8. The highest BCUT2D eigenvalue weighted by atomic mass is 127. The Morgan fingerprint density at radius 1 is 1.45 bits per heavy atom. The second-order valence-electron chi connectivity index (χ2n) is 3.63. The van der Waals surface area contributed by atoms with Crippen LogP contribution in [-0.2, 0) is 4.79 Å². The lowest BCUT2D eigenvalue weighted by atomic mass is 10.2. The van der Waals surface area contributed by atoms with Gasteiger partial charge in [-0.15, -0.1) is 0 Å². The summed E-state index contributed by atoms with van der Waals surface area (Å²) in [5.41, 5.74) is 6.44. The van der Waals surface area contributed by atoms with E-state index in [4.69, 9.17) is 0 Å². The molecule has 1 saturated carbocycles. The van der Waals surface area contributed by atoms with Crippen LogP contribution in [0.5, 0.6) is 0 Å². The Kier molecular flexibility index (Phi) is 10.3. The summed E-state index contributed by atoms with van der Waals surface area (Å²) in [6.45, 7) is 4.00. The molecular formula is C14H20IN3OS. The Bertz CT molecular complexity index is 464.